The number of rotatable bonds is 3. The molecule has 32 heavy (non-hydrogen) atoms. The molecule has 0 unspecified atom stereocenters. The van der Waals surface area contributed by atoms with Crippen LogP contribution in [0.2, 0.25) is 0 Å². The summed E-state index contributed by atoms with van der Waals surface area (Å²) in [6.07, 6.45) is 0.00805. The number of fused-ring (bicyclic) bond motifs is 5. The first kappa shape index (κ1) is 20.6. The number of benzene rings is 1. The van der Waals surface area contributed by atoms with Crippen LogP contribution in [0.1, 0.15) is 35.7 Å². The van der Waals surface area contributed by atoms with Crippen LogP contribution in [0.15, 0.2) is 27.8 Å². The molecule has 0 spiro atoms. The third-order valence-corrected chi connectivity index (χ3v) is 6.58. The lowest BCUT2D eigenvalue weighted by molar-refractivity contribution is -0.172. The van der Waals surface area contributed by atoms with Crippen molar-refractivity contribution in [3.05, 3.63) is 67.0 Å². The van der Waals surface area contributed by atoms with Crippen molar-refractivity contribution in [1.82, 2.24) is 9.13 Å². The van der Waals surface area contributed by atoms with Crippen LogP contribution in [-0.2, 0) is 34.8 Å². The van der Waals surface area contributed by atoms with Gasteiger partial charge in [-0.1, -0.05) is 6.92 Å². The normalized spacial score (nSPS) is 19.0. The van der Waals surface area contributed by atoms with Crippen LogP contribution in [0.3, 0.4) is 0 Å². The molecule has 166 valence electrons. The fourth-order valence-corrected chi connectivity index (χ4v) is 5.02. The zero-order chi connectivity index (χ0) is 22.9. The van der Waals surface area contributed by atoms with Gasteiger partial charge in [-0.25, -0.2) is 9.18 Å². The molecule has 0 aliphatic carbocycles. The maximum Gasteiger partial charge on any atom is 0.343 e. The second kappa shape index (κ2) is 6.85. The second-order valence-corrected chi connectivity index (χ2v) is 8.31. The molecule has 5 rings (SSSR count). The summed E-state index contributed by atoms with van der Waals surface area (Å²) in [6, 6.07) is 4.08. The van der Waals surface area contributed by atoms with Gasteiger partial charge in [0, 0.05) is 24.0 Å². The summed E-state index contributed by atoms with van der Waals surface area (Å²) in [5.74, 6) is -1.36. The molecule has 0 amide bonds. The quantitative estimate of drug-likeness (QED) is 0.464. The van der Waals surface area contributed by atoms with E-state index < -0.39 is 28.4 Å². The van der Waals surface area contributed by atoms with E-state index in [1.807, 2.05) is 4.57 Å². The first-order valence-corrected chi connectivity index (χ1v) is 10.5. The zero-order valence-electron chi connectivity index (χ0n) is 17.7. The highest BCUT2D eigenvalue weighted by atomic mass is 19.1. The topological polar surface area (TPSA) is 117 Å². The molecule has 2 aliphatic rings. The number of esters is 1. The van der Waals surface area contributed by atoms with E-state index in [0.717, 1.165) is 0 Å². The standard InChI is InChI=1S/C23H22FN3O5/c1-3-23(31)15-8-16-18-17(9-27(16)21(29)14(15)10-32-22(23)30)26(5-4-25)19-11(2)6-12(24)7-13(19)20(18)28/h6-8,31H,3-5,9-10,25H2,1-2H3/t23-/m0/s1. The maximum atomic E-state index is 14.2. The molecule has 8 nitrogen and oxygen atoms in total. The third-order valence-electron chi connectivity index (χ3n) is 6.58. The number of aliphatic hydroxyl groups is 1. The van der Waals surface area contributed by atoms with Crippen LogP contribution in [0, 0.1) is 12.7 Å². The molecule has 2 aliphatic heterocycles. The smallest absolute Gasteiger partial charge is 0.343 e. The number of carbonyl (C=O) groups excluding carboxylic acids is 1. The Kier molecular flexibility index (Phi) is 4.41. The van der Waals surface area contributed by atoms with Gasteiger partial charge in [0.05, 0.1) is 34.6 Å². The highest BCUT2D eigenvalue weighted by Gasteiger charge is 2.45. The van der Waals surface area contributed by atoms with E-state index in [2.05, 4.69) is 0 Å². The van der Waals surface area contributed by atoms with Gasteiger partial charge in [-0.15, -0.1) is 0 Å². The zero-order valence-corrected chi connectivity index (χ0v) is 17.7. The van der Waals surface area contributed by atoms with Crippen LogP contribution >= 0.6 is 0 Å². The number of hydrogen-bond acceptors (Lipinski definition) is 6. The van der Waals surface area contributed by atoms with Gasteiger partial charge in [-0.3, -0.25) is 9.59 Å². The van der Waals surface area contributed by atoms with E-state index in [1.165, 1.54) is 22.8 Å². The number of halogens is 1. The number of pyridine rings is 2. The molecule has 0 fully saturated rings. The lowest BCUT2D eigenvalue weighted by Crippen LogP contribution is -2.44. The van der Waals surface area contributed by atoms with E-state index in [-0.39, 0.29) is 48.2 Å². The van der Waals surface area contributed by atoms with Crippen LogP contribution < -0.4 is 16.7 Å². The average Bonchev–Trinajstić information content (AvgIpc) is 3.14. The lowest BCUT2D eigenvalue weighted by atomic mass is 9.85. The number of aromatic nitrogens is 2. The van der Waals surface area contributed by atoms with Crippen molar-refractivity contribution in [2.45, 2.75) is 45.6 Å². The average molecular weight is 439 g/mol. The van der Waals surface area contributed by atoms with Crippen LogP contribution in [0.4, 0.5) is 4.39 Å². The van der Waals surface area contributed by atoms with Gasteiger partial charge in [0.1, 0.15) is 12.4 Å². The summed E-state index contributed by atoms with van der Waals surface area (Å²) in [4.78, 5) is 39.2. The number of aryl methyl sites for hydroxylation is 1. The predicted octanol–water partition coefficient (Wildman–Crippen LogP) is 1.25. The number of hydrogen-bond donors (Lipinski definition) is 2. The summed E-state index contributed by atoms with van der Waals surface area (Å²) in [6.45, 7) is 3.86. The SMILES string of the molecule is CC[C@@]1(O)C(=O)OCc2c1cc1n(c2=O)Cc2c-1c(=O)c1cc(F)cc(C)c1n2CCN. The lowest BCUT2D eigenvalue weighted by Gasteiger charge is -2.31. The van der Waals surface area contributed by atoms with E-state index in [1.54, 1.807) is 13.8 Å². The Balaban J connectivity index is 1.91. The fourth-order valence-electron chi connectivity index (χ4n) is 5.02. The van der Waals surface area contributed by atoms with E-state index in [4.69, 9.17) is 10.5 Å². The van der Waals surface area contributed by atoms with E-state index in [9.17, 15) is 23.9 Å². The molecule has 4 heterocycles. The highest BCUT2D eigenvalue weighted by Crippen LogP contribution is 2.38. The summed E-state index contributed by atoms with van der Waals surface area (Å²) in [5, 5.41) is 11.2. The van der Waals surface area contributed by atoms with Gasteiger partial charge in [-0.05, 0) is 37.1 Å². The number of nitrogens with two attached hydrogens (primary N) is 1. The predicted molar refractivity (Wildman–Crippen MR) is 115 cm³/mol. The Labute approximate surface area is 181 Å². The Morgan fingerprint density at radius 3 is 2.69 bits per heavy atom. The molecule has 1 atom stereocenters. The highest BCUT2D eigenvalue weighted by molar-refractivity contribution is 5.89. The van der Waals surface area contributed by atoms with Crippen molar-refractivity contribution in [1.29, 1.82) is 0 Å². The molecule has 2 aromatic heterocycles. The monoisotopic (exact) mass is 439 g/mol. The summed E-state index contributed by atoms with van der Waals surface area (Å²) in [7, 11) is 0. The minimum absolute atomic E-state index is 0.00805. The molecule has 0 bridgehead atoms. The maximum absolute atomic E-state index is 14.2. The minimum atomic E-state index is -1.97. The van der Waals surface area contributed by atoms with Crippen LogP contribution in [0.25, 0.3) is 22.2 Å². The fraction of sp³-hybridized carbons (Fsp3) is 0.348. The molecular weight excluding hydrogens is 417 g/mol. The molecule has 1 aromatic carbocycles. The molecule has 0 saturated carbocycles. The second-order valence-electron chi connectivity index (χ2n) is 8.31. The van der Waals surface area contributed by atoms with Gasteiger partial charge in [-0.2, -0.15) is 0 Å². The van der Waals surface area contributed by atoms with Gasteiger partial charge in [0.2, 0.25) is 0 Å². The van der Waals surface area contributed by atoms with Gasteiger partial charge < -0.3 is 24.7 Å². The Hall–Kier alpha value is -3.30. The minimum Gasteiger partial charge on any atom is -0.458 e. The molecule has 3 aromatic rings. The number of ether oxygens (including phenoxy) is 1. The molecule has 0 saturated heterocycles. The molecule has 3 N–H and O–H groups in total. The number of carbonyl (C=O) groups is 1. The van der Waals surface area contributed by atoms with Crippen LogP contribution in [-0.4, -0.2) is 26.8 Å². The largest absolute Gasteiger partial charge is 0.458 e. The van der Waals surface area contributed by atoms with Crippen molar-refractivity contribution < 1.29 is 19.0 Å². The Morgan fingerprint density at radius 2 is 2.00 bits per heavy atom. The van der Waals surface area contributed by atoms with Crippen molar-refractivity contribution >= 4 is 16.9 Å². The van der Waals surface area contributed by atoms with Gasteiger partial charge >= 0.3 is 5.97 Å². The first-order valence-electron chi connectivity index (χ1n) is 10.5. The van der Waals surface area contributed by atoms with Crippen molar-refractivity contribution in [2.75, 3.05) is 6.54 Å². The van der Waals surface area contributed by atoms with Crippen LogP contribution in [0.5, 0.6) is 0 Å². The summed E-state index contributed by atoms with van der Waals surface area (Å²) < 4.78 is 22.6. The Morgan fingerprint density at radius 1 is 1.25 bits per heavy atom. The third kappa shape index (κ3) is 2.52. The summed E-state index contributed by atoms with van der Waals surface area (Å²) >= 11 is 0. The molecule has 0 radical (unpaired) electrons. The van der Waals surface area contributed by atoms with E-state index >= 15 is 0 Å². The van der Waals surface area contributed by atoms with Gasteiger partial charge in [0.25, 0.3) is 5.56 Å². The molecule has 9 heteroatoms. The number of nitrogens with zero attached hydrogens (tertiary/aromatic N) is 2. The number of cyclic esters (lactones) is 1. The first-order chi connectivity index (χ1) is 15.2. The van der Waals surface area contributed by atoms with Crippen molar-refractivity contribution in [3.63, 3.8) is 0 Å². The summed E-state index contributed by atoms with van der Waals surface area (Å²) in [5.41, 5.74) is 5.69. The Bertz CT molecular complexity index is 1460. The van der Waals surface area contributed by atoms with Crippen molar-refractivity contribution in [2.24, 2.45) is 5.73 Å². The van der Waals surface area contributed by atoms with Gasteiger partial charge in [0.15, 0.2) is 11.0 Å². The molecular formula is C23H22FN3O5. The van der Waals surface area contributed by atoms with Crippen molar-refractivity contribution in [3.8, 4) is 11.3 Å². The van der Waals surface area contributed by atoms with E-state index in [0.29, 0.717) is 29.0 Å².